The van der Waals surface area contributed by atoms with E-state index in [4.69, 9.17) is 12.2 Å². The Bertz CT molecular complexity index is 582. The van der Waals surface area contributed by atoms with Crippen molar-refractivity contribution in [2.24, 2.45) is 0 Å². The minimum absolute atomic E-state index is 0.261. The van der Waals surface area contributed by atoms with Crippen LogP contribution in [-0.4, -0.2) is 17.1 Å². The summed E-state index contributed by atoms with van der Waals surface area (Å²) in [5.41, 5.74) is 1.68. The largest absolute Gasteiger partial charge is 0.348 e. The van der Waals surface area contributed by atoms with Crippen LogP contribution in [0.15, 0.2) is 48.5 Å². The van der Waals surface area contributed by atoms with Gasteiger partial charge in [0, 0.05) is 19.3 Å². The van der Waals surface area contributed by atoms with Gasteiger partial charge in [-0.2, -0.15) is 0 Å². The molecule has 2 aromatic rings. The Morgan fingerprint density at radius 2 is 1.50 bits per heavy atom. The summed E-state index contributed by atoms with van der Waals surface area (Å²) < 4.78 is 25.6. The van der Waals surface area contributed by atoms with E-state index in [0.717, 1.165) is 11.3 Å². The first-order valence-corrected chi connectivity index (χ1v) is 6.47. The number of nitrogens with zero attached hydrogens (tertiary/aromatic N) is 1. The summed E-state index contributed by atoms with van der Waals surface area (Å²) in [5, 5.41) is 3.53. The molecular weight excluding hydrogens is 278 g/mol. The number of hydrogen-bond acceptors (Lipinski definition) is 1. The second-order valence-electron chi connectivity index (χ2n) is 4.42. The molecule has 0 heterocycles. The van der Waals surface area contributed by atoms with Gasteiger partial charge in [0.25, 0.3) is 0 Å². The normalized spacial score (nSPS) is 10.2. The van der Waals surface area contributed by atoms with Gasteiger partial charge in [-0.15, -0.1) is 0 Å². The van der Waals surface area contributed by atoms with E-state index in [2.05, 4.69) is 5.32 Å². The van der Waals surface area contributed by atoms with Crippen LogP contribution in [0.2, 0.25) is 0 Å². The lowest BCUT2D eigenvalue weighted by Crippen LogP contribution is -2.30. The molecule has 20 heavy (non-hydrogen) atoms. The van der Waals surface area contributed by atoms with Crippen molar-refractivity contribution in [2.45, 2.75) is 6.54 Å². The molecule has 0 fully saturated rings. The molecule has 2 nitrogen and oxygen atoms in total. The van der Waals surface area contributed by atoms with Crippen LogP contribution in [-0.2, 0) is 6.54 Å². The van der Waals surface area contributed by atoms with E-state index in [1.807, 2.05) is 11.9 Å². The van der Waals surface area contributed by atoms with Crippen molar-refractivity contribution in [3.8, 4) is 0 Å². The molecule has 2 aromatic carbocycles. The van der Waals surface area contributed by atoms with Crippen LogP contribution in [0.25, 0.3) is 0 Å². The van der Waals surface area contributed by atoms with E-state index < -0.39 is 0 Å². The fourth-order valence-electron chi connectivity index (χ4n) is 1.69. The molecule has 0 saturated carbocycles. The molecule has 0 bridgehead atoms. The van der Waals surface area contributed by atoms with E-state index in [-0.39, 0.29) is 11.6 Å². The lowest BCUT2D eigenvalue weighted by Gasteiger charge is -2.21. The predicted octanol–water partition coefficient (Wildman–Crippen LogP) is 3.79. The second-order valence-corrected chi connectivity index (χ2v) is 4.81. The highest BCUT2D eigenvalue weighted by molar-refractivity contribution is 7.80. The van der Waals surface area contributed by atoms with Gasteiger partial charge in [0.05, 0.1) is 0 Å². The quantitative estimate of drug-likeness (QED) is 0.866. The summed E-state index contributed by atoms with van der Waals surface area (Å²) in [4.78, 5) is 1.83. The first-order chi connectivity index (χ1) is 9.54. The van der Waals surface area contributed by atoms with Crippen LogP contribution in [0.5, 0.6) is 0 Å². The summed E-state index contributed by atoms with van der Waals surface area (Å²) >= 11 is 5.26. The number of benzene rings is 2. The van der Waals surface area contributed by atoms with E-state index in [9.17, 15) is 8.78 Å². The number of anilines is 1. The molecule has 0 aliphatic heterocycles. The summed E-state index contributed by atoms with van der Waals surface area (Å²) in [6.07, 6.45) is 0. The van der Waals surface area contributed by atoms with Gasteiger partial charge in [0.2, 0.25) is 0 Å². The Morgan fingerprint density at radius 1 is 1.00 bits per heavy atom. The van der Waals surface area contributed by atoms with Gasteiger partial charge in [-0.1, -0.05) is 12.1 Å². The van der Waals surface area contributed by atoms with E-state index >= 15 is 0 Å². The van der Waals surface area contributed by atoms with Crippen LogP contribution >= 0.6 is 12.2 Å². The maximum atomic E-state index is 12.8. The monoisotopic (exact) mass is 292 g/mol. The number of nitrogens with one attached hydrogen (secondary N) is 1. The summed E-state index contributed by atoms with van der Waals surface area (Å²) in [6.45, 7) is 0.563. The molecule has 0 aliphatic carbocycles. The Kier molecular flexibility index (Phi) is 4.63. The fraction of sp³-hybridized carbons (Fsp3) is 0.133. The number of hydrogen-bond donors (Lipinski definition) is 1. The zero-order valence-corrected chi connectivity index (χ0v) is 11.8. The van der Waals surface area contributed by atoms with Crippen molar-refractivity contribution < 1.29 is 8.78 Å². The summed E-state index contributed by atoms with van der Waals surface area (Å²) in [6, 6.07) is 12.2. The van der Waals surface area contributed by atoms with Crippen LogP contribution in [0.1, 0.15) is 5.56 Å². The smallest absolute Gasteiger partial charge is 0.173 e. The third kappa shape index (κ3) is 3.99. The lowest BCUT2D eigenvalue weighted by atomic mass is 10.2. The van der Waals surface area contributed by atoms with Crippen molar-refractivity contribution in [3.05, 3.63) is 65.7 Å². The molecule has 0 spiro atoms. The van der Waals surface area contributed by atoms with Gasteiger partial charge in [-0.3, -0.25) is 0 Å². The van der Waals surface area contributed by atoms with Crippen molar-refractivity contribution in [3.63, 3.8) is 0 Å². The van der Waals surface area contributed by atoms with Crippen molar-refractivity contribution in [2.75, 3.05) is 12.4 Å². The Morgan fingerprint density at radius 3 is 2.05 bits per heavy atom. The Balaban J connectivity index is 1.94. The predicted molar refractivity (Wildman–Crippen MR) is 80.5 cm³/mol. The van der Waals surface area contributed by atoms with Gasteiger partial charge in [0.1, 0.15) is 11.6 Å². The highest BCUT2D eigenvalue weighted by Crippen LogP contribution is 2.11. The van der Waals surface area contributed by atoms with Crippen molar-refractivity contribution >= 4 is 23.0 Å². The number of thiocarbonyl (C=S) groups is 1. The Hall–Kier alpha value is -2.01. The summed E-state index contributed by atoms with van der Waals surface area (Å²) in [7, 11) is 1.84. The molecule has 0 unspecified atom stereocenters. The number of halogens is 2. The molecule has 0 radical (unpaired) electrons. The SMILES string of the molecule is CN(Cc1ccc(F)cc1)C(=S)Nc1ccc(F)cc1. The van der Waals surface area contributed by atoms with Gasteiger partial charge < -0.3 is 10.2 Å². The summed E-state index contributed by atoms with van der Waals surface area (Å²) in [5.74, 6) is -0.551. The van der Waals surface area contributed by atoms with E-state index in [1.165, 1.54) is 24.3 Å². The average molecular weight is 292 g/mol. The maximum absolute atomic E-state index is 12.8. The zero-order valence-electron chi connectivity index (χ0n) is 10.9. The van der Waals surface area contributed by atoms with Crippen molar-refractivity contribution in [1.82, 2.24) is 4.90 Å². The zero-order chi connectivity index (χ0) is 14.5. The van der Waals surface area contributed by atoms with Gasteiger partial charge >= 0.3 is 0 Å². The molecule has 0 aromatic heterocycles. The minimum Gasteiger partial charge on any atom is -0.348 e. The topological polar surface area (TPSA) is 15.3 Å². The molecule has 1 N–H and O–H groups in total. The third-order valence-corrected chi connectivity index (χ3v) is 3.19. The van der Waals surface area contributed by atoms with Crippen LogP contribution in [0, 0.1) is 11.6 Å². The highest BCUT2D eigenvalue weighted by atomic mass is 32.1. The van der Waals surface area contributed by atoms with Gasteiger partial charge in [-0.05, 0) is 54.2 Å². The second kappa shape index (κ2) is 6.43. The van der Waals surface area contributed by atoms with Gasteiger partial charge in [0.15, 0.2) is 5.11 Å². The molecule has 0 saturated heterocycles. The molecule has 104 valence electrons. The average Bonchev–Trinajstić information content (AvgIpc) is 2.44. The molecule has 0 amide bonds. The highest BCUT2D eigenvalue weighted by Gasteiger charge is 2.06. The Labute approximate surface area is 122 Å². The number of rotatable bonds is 3. The lowest BCUT2D eigenvalue weighted by molar-refractivity contribution is 0.507. The fourth-order valence-corrected chi connectivity index (χ4v) is 1.87. The van der Waals surface area contributed by atoms with Crippen molar-refractivity contribution in [1.29, 1.82) is 0 Å². The minimum atomic E-state index is -0.291. The van der Waals surface area contributed by atoms with Gasteiger partial charge in [-0.25, -0.2) is 8.78 Å². The molecule has 5 heteroatoms. The molecule has 0 atom stereocenters. The van der Waals surface area contributed by atoms with Crippen LogP contribution < -0.4 is 5.32 Å². The van der Waals surface area contributed by atoms with E-state index in [0.29, 0.717) is 11.7 Å². The molecular formula is C15H14F2N2S. The first kappa shape index (κ1) is 14.4. The first-order valence-electron chi connectivity index (χ1n) is 6.07. The van der Waals surface area contributed by atoms with E-state index in [1.54, 1.807) is 24.3 Å². The standard InChI is InChI=1S/C15H14F2N2S/c1-19(10-11-2-4-12(16)5-3-11)15(20)18-14-8-6-13(17)7-9-14/h2-9H,10H2,1H3,(H,18,20). The molecule has 0 aliphatic rings. The molecule has 2 rings (SSSR count). The van der Waals surface area contributed by atoms with Crippen LogP contribution in [0.4, 0.5) is 14.5 Å². The third-order valence-electron chi connectivity index (χ3n) is 2.78. The van der Waals surface area contributed by atoms with Crippen LogP contribution in [0.3, 0.4) is 0 Å². The maximum Gasteiger partial charge on any atom is 0.173 e.